The van der Waals surface area contributed by atoms with Crippen LogP contribution in [0.1, 0.15) is 6.42 Å². The van der Waals surface area contributed by atoms with Crippen molar-refractivity contribution < 1.29 is 14.6 Å². The van der Waals surface area contributed by atoms with Crippen molar-refractivity contribution in [2.75, 3.05) is 33.9 Å². The zero-order chi connectivity index (χ0) is 10.1. The molecule has 0 aromatic heterocycles. The first-order valence-corrected chi connectivity index (χ1v) is 4.29. The van der Waals surface area contributed by atoms with Gasteiger partial charge < -0.3 is 20.5 Å². The molecular formula is C8H18N2O3. The molecule has 0 heterocycles. The summed E-state index contributed by atoms with van der Waals surface area (Å²) >= 11 is 0. The van der Waals surface area contributed by atoms with Gasteiger partial charge in [0.05, 0.1) is 12.7 Å². The molecule has 0 spiro atoms. The van der Waals surface area contributed by atoms with E-state index in [0.29, 0.717) is 13.0 Å². The molecule has 0 saturated heterocycles. The lowest BCUT2D eigenvalue weighted by Crippen LogP contribution is -2.35. The van der Waals surface area contributed by atoms with Crippen LogP contribution in [0.4, 0.5) is 0 Å². The van der Waals surface area contributed by atoms with Gasteiger partial charge in [-0.1, -0.05) is 0 Å². The minimum absolute atomic E-state index is 0.0653. The highest BCUT2D eigenvalue weighted by molar-refractivity contribution is 5.76. The van der Waals surface area contributed by atoms with Gasteiger partial charge >= 0.3 is 0 Å². The summed E-state index contributed by atoms with van der Waals surface area (Å²) in [6, 6.07) is 0. The molecule has 3 N–H and O–H groups in total. The largest absolute Gasteiger partial charge is 0.389 e. The van der Waals surface area contributed by atoms with E-state index in [4.69, 9.17) is 9.84 Å². The van der Waals surface area contributed by atoms with Crippen molar-refractivity contribution in [3.05, 3.63) is 0 Å². The standard InChI is InChI=1S/C8H18N2O3/c1-9-4-3-8(12)10-5-7(11)6-13-2/h7,9,11H,3-6H2,1-2H3,(H,10,12). The van der Waals surface area contributed by atoms with Crippen molar-refractivity contribution in [3.63, 3.8) is 0 Å². The van der Waals surface area contributed by atoms with Gasteiger partial charge in [0.2, 0.25) is 5.91 Å². The molecule has 1 atom stereocenters. The van der Waals surface area contributed by atoms with Crippen LogP contribution in [-0.4, -0.2) is 51.0 Å². The second-order valence-corrected chi connectivity index (χ2v) is 2.77. The second-order valence-electron chi connectivity index (χ2n) is 2.77. The third kappa shape index (κ3) is 7.70. The molecule has 1 amide bonds. The summed E-state index contributed by atoms with van der Waals surface area (Å²) in [6.45, 7) is 1.13. The molecule has 0 aromatic carbocycles. The summed E-state index contributed by atoms with van der Waals surface area (Å²) < 4.78 is 4.70. The highest BCUT2D eigenvalue weighted by Gasteiger charge is 2.05. The van der Waals surface area contributed by atoms with Gasteiger partial charge in [-0.3, -0.25) is 4.79 Å². The van der Waals surface area contributed by atoms with Gasteiger partial charge in [0.1, 0.15) is 0 Å². The Morgan fingerprint density at radius 1 is 1.62 bits per heavy atom. The Kier molecular flexibility index (Phi) is 7.57. The average molecular weight is 190 g/mol. The molecule has 0 aromatic rings. The van der Waals surface area contributed by atoms with Crippen molar-refractivity contribution in [1.82, 2.24) is 10.6 Å². The van der Waals surface area contributed by atoms with Gasteiger partial charge in [-0.05, 0) is 7.05 Å². The second kappa shape index (κ2) is 7.97. The molecule has 0 saturated carbocycles. The minimum Gasteiger partial charge on any atom is -0.389 e. The first-order valence-electron chi connectivity index (χ1n) is 4.29. The number of aliphatic hydroxyl groups excluding tert-OH is 1. The number of carbonyl (C=O) groups is 1. The number of aliphatic hydroxyl groups is 1. The Morgan fingerprint density at radius 2 is 2.31 bits per heavy atom. The first-order chi connectivity index (χ1) is 6.20. The number of nitrogens with one attached hydrogen (secondary N) is 2. The van der Waals surface area contributed by atoms with E-state index in [0.717, 1.165) is 0 Å². The van der Waals surface area contributed by atoms with Gasteiger partial charge in [-0.2, -0.15) is 0 Å². The molecule has 0 rings (SSSR count). The van der Waals surface area contributed by atoms with Crippen LogP contribution in [-0.2, 0) is 9.53 Å². The van der Waals surface area contributed by atoms with Crippen LogP contribution in [0.3, 0.4) is 0 Å². The lowest BCUT2D eigenvalue weighted by atomic mass is 10.3. The Bertz CT molecular complexity index is 141. The maximum absolute atomic E-state index is 11.0. The fraction of sp³-hybridized carbons (Fsp3) is 0.875. The maximum atomic E-state index is 11.0. The third-order valence-corrected chi connectivity index (χ3v) is 1.50. The van der Waals surface area contributed by atoms with Crippen LogP contribution in [0.2, 0.25) is 0 Å². The lowest BCUT2D eigenvalue weighted by molar-refractivity contribution is -0.121. The monoisotopic (exact) mass is 190 g/mol. The van der Waals surface area contributed by atoms with Gasteiger partial charge in [0.15, 0.2) is 0 Å². The Morgan fingerprint density at radius 3 is 2.85 bits per heavy atom. The molecular weight excluding hydrogens is 172 g/mol. The predicted octanol–water partition coefficient (Wildman–Crippen LogP) is -1.28. The summed E-state index contributed by atoms with van der Waals surface area (Å²) in [7, 11) is 3.29. The number of amides is 1. The van der Waals surface area contributed by atoms with Crippen molar-refractivity contribution in [3.8, 4) is 0 Å². The van der Waals surface area contributed by atoms with E-state index in [2.05, 4.69) is 10.6 Å². The minimum atomic E-state index is -0.622. The van der Waals surface area contributed by atoms with E-state index >= 15 is 0 Å². The van der Waals surface area contributed by atoms with Gasteiger partial charge in [0.25, 0.3) is 0 Å². The molecule has 0 aliphatic carbocycles. The van der Waals surface area contributed by atoms with E-state index in [1.165, 1.54) is 7.11 Å². The molecule has 0 aliphatic rings. The number of methoxy groups -OCH3 is 1. The molecule has 1 unspecified atom stereocenters. The maximum Gasteiger partial charge on any atom is 0.221 e. The number of ether oxygens (including phenoxy) is 1. The lowest BCUT2D eigenvalue weighted by Gasteiger charge is -2.10. The van der Waals surface area contributed by atoms with Crippen LogP contribution in [0.15, 0.2) is 0 Å². The third-order valence-electron chi connectivity index (χ3n) is 1.50. The van der Waals surface area contributed by atoms with Crippen LogP contribution in [0.25, 0.3) is 0 Å². The molecule has 5 nitrogen and oxygen atoms in total. The summed E-state index contributed by atoms with van der Waals surface area (Å²) in [5.41, 5.74) is 0. The first kappa shape index (κ1) is 12.3. The highest BCUT2D eigenvalue weighted by Crippen LogP contribution is 1.82. The molecule has 78 valence electrons. The van der Waals surface area contributed by atoms with E-state index in [1.54, 1.807) is 7.05 Å². The summed E-state index contributed by atoms with van der Waals surface area (Å²) in [6.07, 6.45) is -0.195. The SMILES string of the molecule is CNCCC(=O)NCC(O)COC. The van der Waals surface area contributed by atoms with E-state index < -0.39 is 6.10 Å². The molecule has 5 heteroatoms. The highest BCUT2D eigenvalue weighted by atomic mass is 16.5. The zero-order valence-corrected chi connectivity index (χ0v) is 8.17. The van der Waals surface area contributed by atoms with Crippen LogP contribution in [0.5, 0.6) is 0 Å². The summed E-state index contributed by atoms with van der Waals surface area (Å²) in [4.78, 5) is 11.0. The van der Waals surface area contributed by atoms with Crippen molar-refractivity contribution >= 4 is 5.91 Å². The molecule has 0 aliphatic heterocycles. The van der Waals surface area contributed by atoms with Gasteiger partial charge in [-0.25, -0.2) is 0 Å². The van der Waals surface area contributed by atoms with E-state index in [9.17, 15) is 4.79 Å². The summed E-state index contributed by atoms with van der Waals surface area (Å²) in [5.74, 6) is -0.0653. The molecule has 13 heavy (non-hydrogen) atoms. The van der Waals surface area contributed by atoms with Crippen molar-refractivity contribution in [2.45, 2.75) is 12.5 Å². The summed E-state index contributed by atoms with van der Waals surface area (Å²) in [5, 5.41) is 14.6. The quantitative estimate of drug-likeness (QED) is 0.467. The van der Waals surface area contributed by atoms with Gasteiger partial charge in [0, 0.05) is 26.6 Å². The number of rotatable bonds is 7. The number of hydrogen-bond donors (Lipinski definition) is 3. The average Bonchev–Trinajstić information content (AvgIpc) is 2.12. The molecule has 0 bridgehead atoms. The smallest absolute Gasteiger partial charge is 0.221 e. The Labute approximate surface area is 78.5 Å². The van der Waals surface area contributed by atoms with Crippen LogP contribution in [0, 0.1) is 0 Å². The predicted molar refractivity (Wildman–Crippen MR) is 49.4 cm³/mol. The number of carbonyl (C=O) groups excluding carboxylic acids is 1. The van der Waals surface area contributed by atoms with E-state index in [-0.39, 0.29) is 19.1 Å². The van der Waals surface area contributed by atoms with Crippen LogP contribution < -0.4 is 10.6 Å². The fourth-order valence-corrected chi connectivity index (χ4v) is 0.810. The Hall–Kier alpha value is -0.650. The van der Waals surface area contributed by atoms with Crippen LogP contribution >= 0.6 is 0 Å². The fourth-order valence-electron chi connectivity index (χ4n) is 0.810. The zero-order valence-electron chi connectivity index (χ0n) is 8.17. The van der Waals surface area contributed by atoms with E-state index in [1.807, 2.05) is 0 Å². The van der Waals surface area contributed by atoms with Gasteiger partial charge in [-0.15, -0.1) is 0 Å². The topological polar surface area (TPSA) is 70.6 Å². The van der Waals surface area contributed by atoms with Crippen molar-refractivity contribution in [1.29, 1.82) is 0 Å². The number of hydrogen-bond acceptors (Lipinski definition) is 4. The molecule has 0 fully saturated rings. The molecule has 0 radical (unpaired) electrons. The van der Waals surface area contributed by atoms with Crippen molar-refractivity contribution in [2.24, 2.45) is 0 Å². The normalized spacial score (nSPS) is 12.5. The Balaban J connectivity index is 3.34.